The molecule has 0 radical (unpaired) electrons. The normalized spacial score (nSPS) is 21.9. The molecule has 0 spiro atoms. The fourth-order valence-electron chi connectivity index (χ4n) is 3.26. The number of ether oxygens (including phenoxy) is 1. The molecule has 2 heterocycles. The van der Waals surface area contributed by atoms with Crippen LogP contribution in [0.3, 0.4) is 0 Å². The third-order valence-electron chi connectivity index (χ3n) is 5.02. The minimum atomic E-state index is 0.0711. The van der Waals surface area contributed by atoms with Crippen molar-refractivity contribution < 1.29 is 9.53 Å². The number of nitrogens with one attached hydrogen (secondary N) is 1. The molecule has 0 bridgehead atoms. The van der Waals surface area contributed by atoms with E-state index in [1.54, 1.807) is 18.4 Å². The zero-order valence-corrected chi connectivity index (χ0v) is 14.8. The van der Waals surface area contributed by atoms with Crippen molar-refractivity contribution in [3.8, 4) is 0 Å². The average molecular weight is 337 g/mol. The number of carbonyl (C=O) groups excluding carboxylic acids is 1. The van der Waals surface area contributed by atoms with Crippen LogP contribution in [-0.2, 0) is 4.74 Å². The summed E-state index contributed by atoms with van der Waals surface area (Å²) in [6.07, 6.45) is 2.42. The zero-order chi connectivity index (χ0) is 16.2. The Balaban J connectivity index is 1.47. The smallest absolute Gasteiger partial charge is 0.317 e. The van der Waals surface area contributed by atoms with Crippen LogP contribution in [0.25, 0.3) is 0 Å². The van der Waals surface area contributed by atoms with Crippen molar-refractivity contribution in [2.75, 3.05) is 39.9 Å². The molecule has 1 aromatic rings. The molecule has 23 heavy (non-hydrogen) atoms. The van der Waals surface area contributed by atoms with Gasteiger partial charge in [0.15, 0.2) is 0 Å². The maximum absolute atomic E-state index is 12.5. The molecule has 0 unspecified atom stereocenters. The van der Waals surface area contributed by atoms with Crippen LogP contribution in [0.2, 0.25) is 0 Å². The zero-order valence-electron chi connectivity index (χ0n) is 14.0. The fraction of sp³-hybridized carbons (Fsp3) is 0.706. The molecular weight excluding hydrogens is 310 g/mol. The SMILES string of the molecule is COC[C@@H](NC(=O)N1CCN([C@H](C)c2ccsc2)CC1)C1CC1. The highest BCUT2D eigenvalue weighted by molar-refractivity contribution is 7.07. The van der Waals surface area contributed by atoms with E-state index in [4.69, 9.17) is 4.74 Å². The van der Waals surface area contributed by atoms with Crippen molar-refractivity contribution in [3.63, 3.8) is 0 Å². The van der Waals surface area contributed by atoms with Gasteiger partial charge in [0.1, 0.15) is 0 Å². The fourth-order valence-corrected chi connectivity index (χ4v) is 4.01. The summed E-state index contributed by atoms with van der Waals surface area (Å²) in [6.45, 7) is 6.33. The number of rotatable bonds is 6. The van der Waals surface area contributed by atoms with Crippen LogP contribution in [-0.4, -0.2) is 61.8 Å². The van der Waals surface area contributed by atoms with Gasteiger partial charge in [-0.15, -0.1) is 0 Å². The molecule has 0 aromatic carbocycles. The Morgan fingerprint density at radius 3 is 2.70 bits per heavy atom. The molecule has 1 aliphatic heterocycles. The first kappa shape index (κ1) is 16.7. The predicted octanol–water partition coefficient (Wildman–Crippen LogP) is 2.56. The Hall–Kier alpha value is -1.11. The first-order valence-electron chi connectivity index (χ1n) is 8.49. The maximum Gasteiger partial charge on any atom is 0.317 e. The summed E-state index contributed by atoms with van der Waals surface area (Å²) in [4.78, 5) is 16.9. The van der Waals surface area contributed by atoms with Gasteiger partial charge >= 0.3 is 6.03 Å². The Morgan fingerprint density at radius 1 is 1.39 bits per heavy atom. The van der Waals surface area contributed by atoms with Crippen molar-refractivity contribution in [1.82, 2.24) is 15.1 Å². The first-order valence-corrected chi connectivity index (χ1v) is 9.44. The van der Waals surface area contributed by atoms with Gasteiger partial charge < -0.3 is 15.0 Å². The number of hydrogen-bond donors (Lipinski definition) is 1. The van der Waals surface area contributed by atoms with Crippen LogP contribution in [0.5, 0.6) is 0 Å². The van der Waals surface area contributed by atoms with Crippen LogP contribution in [0, 0.1) is 5.92 Å². The molecule has 1 saturated carbocycles. The third-order valence-corrected chi connectivity index (χ3v) is 5.72. The van der Waals surface area contributed by atoms with Crippen LogP contribution in [0.15, 0.2) is 16.8 Å². The van der Waals surface area contributed by atoms with Crippen molar-refractivity contribution in [2.24, 2.45) is 5.92 Å². The maximum atomic E-state index is 12.5. The van der Waals surface area contributed by atoms with E-state index in [1.165, 1.54) is 18.4 Å². The largest absolute Gasteiger partial charge is 0.383 e. The van der Waals surface area contributed by atoms with Crippen LogP contribution in [0.1, 0.15) is 31.4 Å². The lowest BCUT2D eigenvalue weighted by molar-refractivity contribution is 0.106. The number of amides is 2. The second-order valence-corrected chi connectivity index (χ2v) is 7.38. The highest BCUT2D eigenvalue weighted by Gasteiger charge is 2.34. The van der Waals surface area contributed by atoms with Crippen molar-refractivity contribution >= 4 is 17.4 Å². The van der Waals surface area contributed by atoms with Gasteiger partial charge in [-0.1, -0.05) is 0 Å². The number of thiophene rings is 1. The lowest BCUT2D eigenvalue weighted by atomic mass is 10.1. The molecule has 2 aliphatic rings. The minimum absolute atomic E-state index is 0.0711. The van der Waals surface area contributed by atoms with Crippen molar-refractivity contribution in [2.45, 2.75) is 31.8 Å². The number of hydrogen-bond acceptors (Lipinski definition) is 4. The number of methoxy groups -OCH3 is 1. The number of piperazine rings is 1. The van der Waals surface area contributed by atoms with Crippen LogP contribution in [0.4, 0.5) is 4.79 Å². The average Bonchev–Trinajstić information content (AvgIpc) is 3.28. The van der Waals surface area contributed by atoms with E-state index in [1.807, 2.05) is 4.90 Å². The van der Waals surface area contributed by atoms with E-state index < -0.39 is 0 Å². The van der Waals surface area contributed by atoms with Gasteiger partial charge in [-0.25, -0.2) is 4.79 Å². The predicted molar refractivity (Wildman–Crippen MR) is 92.8 cm³/mol. The topological polar surface area (TPSA) is 44.8 Å². The Bertz CT molecular complexity index is 496. The summed E-state index contributed by atoms with van der Waals surface area (Å²) in [7, 11) is 1.70. The molecule has 5 nitrogen and oxygen atoms in total. The van der Waals surface area contributed by atoms with Gasteiger partial charge in [0, 0.05) is 39.3 Å². The molecule has 128 valence electrons. The van der Waals surface area contributed by atoms with E-state index in [0.717, 1.165) is 26.2 Å². The summed E-state index contributed by atoms with van der Waals surface area (Å²) in [5.74, 6) is 0.610. The summed E-state index contributed by atoms with van der Waals surface area (Å²) in [5.41, 5.74) is 1.38. The van der Waals surface area contributed by atoms with Gasteiger partial charge in [-0.3, -0.25) is 4.90 Å². The highest BCUT2D eigenvalue weighted by atomic mass is 32.1. The third kappa shape index (κ3) is 4.25. The standard InChI is InChI=1S/C17H27N3O2S/c1-13(15-5-10-23-12-15)19-6-8-20(9-7-19)17(21)18-16(11-22-2)14-3-4-14/h5,10,12-14,16H,3-4,6-9,11H2,1-2H3,(H,18,21)/t13-,16-/m1/s1. The van der Waals surface area contributed by atoms with Gasteiger partial charge in [-0.05, 0) is 48.1 Å². The quantitative estimate of drug-likeness (QED) is 0.868. The lowest BCUT2D eigenvalue weighted by Gasteiger charge is -2.38. The highest BCUT2D eigenvalue weighted by Crippen LogP contribution is 2.32. The molecule has 1 N–H and O–H groups in total. The number of carbonyl (C=O) groups is 1. The van der Waals surface area contributed by atoms with Crippen molar-refractivity contribution in [1.29, 1.82) is 0 Å². The Labute approximate surface area is 142 Å². The second kappa shape index (κ2) is 7.64. The van der Waals surface area contributed by atoms with Crippen molar-refractivity contribution in [3.05, 3.63) is 22.4 Å². The Kier molecular flexibility index (Phi) is 5.56. The van der Waals surface area contributed by atoms with Crippen LogP contribution >= 0.6 is 11.3 Å². The molecule has 6 heteroatoms. The van der Waals surface area contributed by atoms with Gasteiger partial charge in [-0.2, -0.15) is 11.3 Å². The van der Waals surface area contributed by atoms with E-state index in [0.29, 0.717) is 18.6 Å². The molecule has 2 atom stereocenters. The molecule has 1 aromatic heterocycles. The molecular formula is C17H27N3O2S. The van der Waals surface area contributed by atoms with Gasteiger partial charge in [0.25, 0.3) is 0 Å². The molecule has 3 rings (SSSR count). The van der Waals surface area contributed by atoms with Crippen LogP contribution < -0.4 is 5.32 Å². The van der Waals surface area contributed by atoms with Gasteiger partial charge in [0.2, 0.25) is 0 Å². The summed E-state index contributed by atoms with van der Waals surface area (Å²) >= 11 is 1.74. The monoisotopic (exact) mass is 337 g/mol. The summed E-state index contributed by atoms with van der Waals surface area (Å²) in [6, 6.07) is 2.87. The van der Waals surface area contributed by atoms with Gasteiger partial charge in [0.05, 0.1) is 12.6 Å². The number of urea groups is 1. The summed E-state index contributed by atoms with van der Waals surface area (Å²) in [5, 5.41) is 7.51. The molecule has 2 amide bonds. The molecule has 2 fully saturated rings. The minimum Gasteiger partial charge on any atom is -0.383 e. The second-order valence-electron chi connectivity index (χ2n) is 6.60. The lowest BCUT2D eigenvalue weighted by Crippen LogP contribution is -2.54. The summed E-state index contributed by atoms with van der Waals surface area (Å²) < 4.78 is 5.24. The van der Waals surface area contributed by atoms with E-state index in [2.05, 4.69) is 34.0 Å². The molecule has 1 saturated heterocycles. The van der Waals surface area contributed by atoms with E-state index in [-0.39, 0.29) is 12.1 Å². The first-order chi connectivity index (χ1) is 11.2. The number of nitrogens with zero attached hydrogens (tertiary/aromatic N) is 2. The van der Waals surface area contributed by atoms with E-state index >= 15 is 0 Å². The Morgan fingerprint density at radius 2 is 2.13 bits per heavy atom. The van der Waals surface area contributed by atoms with E-state index in [9.17, 15) is 4.79 Å². The molecule has 1 aliphatic carbocycles.